The molecule has 7 nitrogen and oxygen atoms in total. The Balaban J connectivity index is 2.03. The van der Waals surface area contributed by atoms with E-state index in [1.54, 1.807) is 18.2 Å². The van der Waals surface area contributed by atoms with E-state index in [4.69, 9.17) is 16.3 Å². The Hall–Kier alpha value is -2.80. The van der Waals surface area contributed by atoms with Crippen LogP contribution in [0.4, 0.5) is 5.69 Å². The molecule has 0 bridgehead atoms. The minimum Gasteiger partial charge on any atom is -0.495 e. The van der Waals surface area contributed by atoms with E-state index in [2.05, 4.69) is 10.3 Å². The smallest absolute Gasteiger partial charge is 0.270 e. The number of halogens is 1. The first-order valence-electron chi connectivity index (χ1n) is 7.40. The number of ketones is 1. The van der Waals surface area contributed by atoms with Crippen LogP contribution in [0.3, 0.4) is 0 Å². The molecule has 2 rings (SSSR count). The first-order chi connectivity index (χ1) is 11.8. The average molecular weight is 364 g/mol. The highest BCUT2D eigenvalue weighted by molar-refractivity contribution is 6.31. The van der Waals surface area contributed by atoms with Crippen LogP contribution in [0.1, 0.15) is 27.8 Å². The molecular formula is C17H18ClN3O4. The number of hydrogen-bond acceptors (Lipinski definition) is 4. The van der Waals surface area contributed by atoms with Crippen molar-refractivity contribution >= 4 is 34.9 Å². The molecule has 0 atom stereocenters. The van der Waals surface area contributed by atoms with E-state index < -0.39 is 11.8 Å². The van der Waals surface area contributed by atoms with Gasteiger partial charge in [0.1, 0.15) is 11.4 Å². The van der Waals surface area contributed by atoms with E-state index >= 15 is 0 Å². The summed E-state index contributed by atoms with van der Waals surface area (Å²) < 4.78 is 5.16. The van der Waals surface area contributed by atoms with Gasteiger partial charge >= 0.3 is 0 Å². The molecule has 0 radical (unpaired) electrons. The molecule has 8 heteroatoms. The molecule has 0 aliphatic rings. The molecular weight excluding hydrogens is 346 g/mol. The second-order valence-electron chi connectivity index (χ2n) is 5.41. The van der Waals surface area contributed by atoms with E-state index in [9.17, 15) is 14.4 Å². The van der Waals surface area contributed by atoms with Crippen LogP contribution in [-0.4, -0.2) is 48.2 Å². The minimum absolute atomic E-state index is 0.149. The third-order valence-corrected chi connectivity index (χ3v) is 3.72. The monoisotopic (exact) mass is 363 g/mol. The zero-order valence-corrected chi connectivity index (χ0v) is 14.8. The Bertz CT molecular complexity index is 816. The normalized spacial score (nSPS) is 10.2. The van der Waals surface area contributed by atoms with Gasteiger partial charge < -0.3 is 19.9 Å². The lowest BCUT2D eigenvalue weighted by Gasteiger charge is -2.17. The summed E-state index contributed by atoms with van der Waals surface area (Å²) in [5, 5.41) is 3.10. The summed E-state index contributed by atoms with van der Waals surface area (Å²) in [6.07, 6.45) is 1.46. The highest BCUT2D eigenvalue weighted by atomic mass is 35.5. The van der Waals surface area contributed by atoms with Gasteiger partial charge in [0.15, 0.2) is 5.78 Å². The van der Waals surface area contributed by atoms with Crippen molar-refractivity contribution in [1.29, 1.82) is 0 Å². The Morgan fingerprint density at radius 1 is 1.28 bits per heavy atom. The molecule has 0 fully saturated rings. The van der Waals surface area contributed by atoms with E-state index in [0.29, 0.717) is 22.0 Å². The van der Waals surface area contributed by atoms with Crippen molar-refractivity contribution in [2.75, 3.05) is 26.0 Å². The number of benzene rings is 1. The molecule has 0 spiro atoms. The van der Waals surface area contributed by atoms with Crippen molar-refractivity contribution in [1.82, 2.24) is 9.88 Å². The second kappa shape index (κ2) is 7.85. The number of carbonyl (C=O) groups excluding carboxylic acids is 3. The molecule has 0 aliphatic carbocycles. The van der Waals surface area contributed by atoms with E-state index in [1.807, 2.05) is 0 Å². The van der Waals surface area contributed by atoms with Gasteiger partial charge in [0.25, 0.3) is 5.91 Å². The maximum Gasteiger partial charge on any atom is 0.270 e. The van der Waals surface area contributed by atoms with Crippen LogP contribution < -0.4 is 10.1 Å². The van der Waals surface area contributed by atoms with Gasteiger partial charge in [-0.3, -0.25) is 14.4 Å². The van der Waals surface area contributed by atoms with E-state index in [-0.39, 0.29) is 18.0 Å². The lowest BCUT2D eigenvalue weighted by Crippen LogP contribution is -2.35. The molecule has 2 amide bonds. The maximum absolute atomic E-state index is 12.3. The van der Waals surface area contributed by atoms with Crippen molar-refractivity contribution in [2.24, 2.45) is 0 Å². The lowest BCUT2D eigenvalue weighted by molar-refractivity contribution is -0.116. The molecule has 2 N–H and O–H groups in total. The Labute approximate surface area is 149 Å². The number of likely N-dealkylation sites (N-methyl/N-ethyl adjacent to an activating group) is 1. The van der Waals surface area contributed by atoms with Crippen LogP contribution in [0.5, 0.6) is 5.75 Å². The topological polar surface area (TPSA) is 91.5 Å². The van der Waals surface area contributed by atoms with Gasteiger partial charge in [0.05, 0.1) is 19.3 Å². The number of Topliss-reactive ketones (excluding diaryl/α,β-unsaturated/α-hetero) is 1. The van der Waals surface area contributed by atoms with Gasteiger partial charge in [-0.05, 0) is 31.2 Å². The lowest BCUT2D eigenvalue weighted by atomic mass is 10.2. The maximum atomic E-state index is 12.3. The molecule has 132 valence electrons. The summed E-state index contributed by atoms with van der Waals surface area (Å²) in [6.45, 7) is 1.23. The number of H-pyrrole nitrogens is 1. The SMILES string of the molecule is COc1ccc(Cl)cc1NC(=O)CN(C)C(=O)c1cc(C(C)=O)c[nH]1. The third kappa shape index (κ3) is 4.60. The summed E-state index contributed by atoms with van der Waals surface area (Å²) in [4.78, 5) is 39.7. The molecule has 1 aromatic heterocycles. The number of nitrogens with one attached hydrogen (secondary N) is 2. The van der Waals surface area contributed by atoms with Crippen molar-refractivity contribution < 1.29 is 19.1 Å². The van der Waals surface area contributed by atoms with Crippen molar-refractivity contribution in [3.8, 4) is 5.75 Å². The number of ether oxygens (including phenoxy) is 1. The van der Waals surface area contributed by atoms with Crippen molar-refractivity contribution in [2.45, 2.75) is 6.92 Å². The number of hydrogen-bond donors (Lipinski definition) is 2. The van der Waals surface area contributed by atoms with Crippen molar-refractivity contribution in [3.05, 3.63) is 46.7 Å². The number of methoxy groups -OCH3 is 1. The second-order valence-corrected chi connectivity index (χ2v) is 5.85. The zero-order chi connectivity index (χ0) is 18.6. The number of nitrogens with zero attached hydrogens (tertiary/aromatic N) is 1. The predicted octanol–water partition coefficient (Wildman–Crippen LogP) is 2.59. The number of anilines is 1. The van der Waals surface area contributed by atoms with Gasteiger partial charge in [0.2, 0.25) is 5.91 Å². The van der Waals surface area contributed by atoms with E-state index in [0.717, 1.165) is 0 Å². The van der Waals surface area contributed by atoms with Gasteiger partial charge in [-0.25, -0.2) is 0 Å². The largest absolute Gasteiger partial charge is 0.495 e. The molecule has 2 aromatic rings. The molecule has 0 aliphatic heterocycles. The first-order valence-corrected chi connectivity index (χ1v) is 7.78. The molecule has 25 heavy (non-hydrogen) atoms. The number of carbonyl (C=O) groups is 3. The molecule has 0 saturated carbocycles. The fourth-order valence-corrected chi connectivity index (χ4v) is 2.35. The number of amides is 2. The fourth-order valence-electron chi connectivity index (χ4n) is 2.18. The Kier molecular flexibility index (Phi) is 5.82. The van der Waals surface area contributed by atoms with Gasteiger partial charge in [-0.1, -0.05) is 11.6 Å². The highest BCUT2D eigenvalue weighted by Crippen LogP contribution is 2.27. The quantitative estimate of drug-likeness (QED) is 0.772. The summed E-state index contributed by atoms with van der Waals surface area (Å²) in [5.74, 6) is -0.499. The summed E-state index contributed by atoms with van der Waals surface area (Å²) in [7, 11) is 2.97. The van der Waals surface area contributed by atoms with Crippen LogP contribution in [0.25, 0.3) is 0 Å². The van der Waals surface area contributed by atoms with Crippen LogP contribution in [0.2, 0.25) is 5.02 Å². The summed E-state index contributed by atoms with van der Waals surface area (Å²) in [5.41, 5.74) is 1.06. The van der Waals surface area contributed by atoms with Crippen LogP contribution >= 0.6 is 11.6 Å². The van der Waals surface area contributed by atoms with Crippen molar-refractivity contribution in [3.63, 3.8) is 0 Å². The predicted molar refractivity (Wildman–Crippen MR) is 94.4 cm³/mol. The van der Waals surface area contributed by atoms with E-state index in [1.165, 1.54) is 38.2 Å². The standard InChI is InChI=1S/C17H18ClN3O4/c1-10(22)11-6-14(19-8-11)17(24)21(2)9-16(23)20-13-7-12(18)4-5-15(13)25-3/h4-8,19H,9H2,1-3H3,(H,20,23). The minimum atomic E-state index is -0.408. The summed E-state index contributed by atoms with van der Waals surface area (Å²) in [6, 6.07) is 6.29. The van der Waals surface area contributed by atoms with Crippen LogP contribution in [0, 0.1) is 0 Å². The van der Waals surface area contributed by atoms with Gasteiger partial charge in [-0.2, -0.15) is 0 Å². The molecule has 0 unspecified atom stereocenters. The van der Waals surface area contributed by atoms with Gasteiger partial charge in [-0.15, -0.1) is 0 Å². The number of aromatic amines is 1. The van der Waals surface area contributed by atoms with Crippen LogP contribution in [-0.2, 0) is 4.79 Å². The average Bonchev–Trinajstić information content (AvgIpc) is 3.04. The third-order valence-electron chi connectivity index (χ3n) is 3.48. The summed E-state index contributed by atoms with van der Waals surface area (Å²) >= 11 is 5.92. The molecule has 1 aromatic carbocycles. The molecule has 1 heterocycles. The Morgan fingerprint density at radius 3 is 2.60 bits per heavy atom. The van der Waals surface area contributed by atoms with Gasteiger partial charge in [0, 0.05) is 23.8 Å². The number of aromatic nitrogens is 1. The first kappa shape index (κ1) is 18.5. The highest BCUT2D eigenvalue weighted by Gasteiger charge is 2.18. The number of rotatable bonds is 6. The zero-order valence-electron chi connectivity index (χ0n) is 14.1. The van der Waals surface area contributed by atoms with Crippen LogP contribution in [0.15, 0.2) is 30.5 Å². The fraction of sp³-hybridized carbons (Fsp3) is 0.235. The Morgan fingerprint density at radius 2 is 2.00 bits per heavy atom. The molecule has 0 saturated heterocycles.